The molecule has 4 rings (SSSR count). The van der Waals surface area contributed by atoms with Crippen molar-refractivity contribution in [2.75, 3.05) is 183 Å². The summed E-state index contributed by atoms with van der Waals surface area (Å²) in [6, 6.07) is 20.3. The van der Waals surface area contributed by atoms with E-state index in [9.17, 15) is 39.0 Å². The molecule has 2 atom stereocenters. The third-order valence-electron chi connectivity index (χ3n) is 15.6. The number of rotatable bonds is 27. The zero-order valence-corrected chi connectivity index (χ0v) is 63.4. The van der Waals surface area contributed by atoms with E-state index >= 15 is 0 Å². The van der Waals surface area contributed by atoms with Crippen LogP contribution in [0.1, 0.15) is 136 Å². The van der Waals surface area contributed by atoms with Crippen molar-refractivity contribution in [3.63, 3.8) is 0 Å². The Morgan fingerprint density at radius 1 is 0.316 bits per heavy atom. The highest BCUT2D eigenvalue weighted by Gasteiger charge is 2.31. The molecule has 0 bridgehead atoms. The van der Waals surface area contributed by atoms with Crippen LogP contribution in [0.5, 0.6) is 0 Å². The number of carbonyl (C=O) groups is 6. The maximum Gasteiger partial charge on any atom is 0.320 e. The van der Waals surface area contributed by atoms with Crippen molar-refractivity contribution in [2.45, 2.75) is 184 Å². The summed E-state index contributed by atoms with van der Waals surface area (Å²) in [5.74, 6) is -2.19. The molecular weight excluding hydrogens is 1250 g/mol. The molecule has 2 aliphatic heterocycles. The Morgan fingerprint density at radius 3 is 0.663 bits per heavy atom. The first-order chi connectivity index (χ1) is 45.5. The van der Waals surface area contributed by atoms with E-state index < -0.39 is 45.8 Å². The van der Waals surface area contributed by atoms with Crippen molar-refractivity contribution in [1.29, 1.82) is 0 Å². The summed E-state index contributed by atoms with van der Waals surface area (Å²) in [5, 5.41) is 24.9. The van der Waals surface area contributed by atoms with E-state index in [0.717, 1.165) is 11.1 Å². The van der Waals surface area contributed by atoms with E-state index in [1.165, 1.54) is 0 Å². The van der Waals surface area contributed by atoms with Gasteiger partial charge in [-0.15, -0.1) is 0 Å². The van der Waals surface area contributed by atoms with Crippen molar-refractivity contribution in [2.24, 2.45) is 0 Å². The Hall–Kier alpha value is -5.22. The summed E-state index contributed by atoms with van der Waals surface area (Å²) in [6.45, 7) is 43.8. The molecule has 2 aliphatic rings. The van der Waals surface area contributed by atoms with Gasteiger partial charge in [0.25, 0.3) is 0 Å². The van der Waals surface area contributed by atoms with Gasteiger partial charge >= 0.3 is 35.8 Å². The van der Waals surface area contributed by atoms with E-state index in [0.29, 0.717) is 144 Å². The van der Waals surface area contributed by atoms with Crippen molar-refractivity contribution >= 4 is 35.8 Å². The van der Waals surface area contributed by atoms with Crippen LogP contribution < -0.4 is 0 Å². The number of esters is 6. The molecule has 2 unspecified atom stereocenters. The van der Waals surface area contributed by atoms with Crippen LogP contribution in [0.2, 0.25) is 0 Å². The molecule has 0 radical (unpaired) electrons. The predicted octanol–water partition coefficient (Wildman–Crippen LogP) is 5.21. The Kier molecular flexibility index (Phi) is 35.1. The van der Waals surface area contributed by atoms with Gasteiger partial charge in [0.05, 0.1) is 51.5 Å². The molecule has 24 nitrogen and oxygen atoms in total. The van der Waals surface area contributed by atoms with Gasteiger partial charge in [-0.2, -0.15) is 0 Å². The van der Waals surface area contributed by atoms with Gasteiger partial charge in [0, 0.05) is 157 Å². The van der Waals surface area contributed by atoms with Gasteiger partial charge in [-0.1, -0.05) is 60.7 Å². The van der Waals surface area contributed by atoms with Gasteiger partial charge in [0.2, 0.25) is 0 Å². The highest BCUT2D eigenvalue weighted by molar-refractivity contribution is 5.74. The van der Waals surface area contributed by atoms with E-state index in [2.05, 4.69) is 43.9 Å². The Balaban J connectivity index is 1.64. The number of hydrogen-bond donors (Lipinski definition) is 2. The van der Waals surface area contributed by atoms with E-state index in [1.807, 2.05) is 190 Å². The predicted molar refractivity (Wildman–Crippen MR) is 382 cm³/mol. The normalized spacial score (nSPS) is 18.1. The average molecular weight is 1380 g/mol. The van der Waals surface area contributed by atoms with Crippen LogP contribution in [0, 0.1) is 0 Å². The molecule has 0 spiro atoms. The number of aliphatic hydroxyl groups is 2. The Morgan fingerprint density at radius 2 is 0.490 bits per heavy atom. The van der Waals surface area contributed by atoms with E-state index in [-0.39, 0.29) is 88.2 Å². The average Bonchev–Trinajstić information content (AvgIpc) is 0.958. The molecule has 558 valence electrons. The second-order valence-corrected chi connectivity index (χ2v) is 32.5. The molecule has 2 aromatic carbocycles. The topological polar surface area (TPSA) is 231 Å². The monoisotopic (exact) mass is 1380 g/mol. The van der Waals surface area contributed by atoms with Gasteiger partial charge in [-0.3, -0.25) is 77.8 Å². The first kappa shape index (κ1) is 85.2. The van der Waals surface area contributed by atoms with Crippen molar-refractivity contribution in [1.82, 2.24) is 49.0 Å². The minimum atomic E-state index is -0.838. The van der Waals surface area contributed by atoms with Crippen LogP contribution in [-0.4, -0.2) is 324 Å². The van der Waals surface area contributed by atoms with E-state index in [4.69, 9.17) is 28.4 Å². The van der Waals surface area contributed by atoms with Crippen LogP contribution in [0.15, 0.2) is 60.7 Å². The lowest BCUT2D eigenvalue weighted by Gasteiger charge is -2.36. The third-order valence-corrected chi connectivity index (χ3v) is 15.6. The molecule has 2 aromatic rings. The third kappa shape index (κ3) is 40.9. The van der Waals surface area contributed by atoms with Crippen molar-refractivity contribution in [3.8, 4) is 0 Å². The molecule has 0 saturated carbocycles. The molecule has 2 N–H and O–H groups in total. The Bertz CT molecular complexity index is 2410. The fourth-order valence-corrected chi connectivity index (χ4v) is 11.6. The lowest BCUT2D eigenvalue weighted by molar-refractivity contribution is -0.158. The highest BCUT2D eigenvalue weighted by atomic mass is 16.6. The molecule has 24 heteroatoms. The zero-order chi connectivity index (χ0) is 73.1. The molecule has 98 heavy (non-hydrogen) atoms. The highest BCUT2D eigenvalue weighted by Crippen LogP contribution is 2.17. The van der Waals surface area contributed by atoms with Gasteiger partial charge in [-0.25, -0.2) is 0 Å². The number of ether oxygens (including phenoxy) is 6. The number of hydrogen-bond acceptors (Lipinski definition) is 24. The van der Waals surface area contributed by atoms with Crippen molar-refractivity contribution < 1.29 is 67.4 Å². The van der Waals surface area contributed by atoms with Crippen LogP contribution >= 0.6 is 0 Å². The number of benzene rings is 2. The van der Waals surface area contributed by atoms with Crippen molar-refractivity contribution in [3.05, 3.63) is 71.8 Å². The summed E-state index contributed by atoms with van der Waals surface area (Å²) in [5.41, 5.74) is -2.00. The number of carbonyl (C=O) groups excluding carboxylic acids is 6. The number of β-amino-alcohol motifs (C(OH)–C–C–N with tert-alkyl or cyclic N) is 2. The van der Waals surface area contributed by atoms with Gasteiger partial charge in [0.15, 0.2) is 0 Å². The maximum atomic E-state index is 13.5. The largest absolute Gasteiger partial charge is 0.459 e. The molecular formula is C74H128N10O14. The first-order valence-electron chi connectivity index (χ1n) is 35.5. The molecule has 2 heterocycles. The molecule has 0 aliphatic carbocycles. The maximum absolute atomic E-state index is 13.5. The fourth-order valence-electron chi connectivity index (χ4n) is 11.6. The summed E-state index contributed by atoms with van der Waals surface area (Å²) in [4.78, 5) is 102. The molecule has 0 amide bonds. The molecule has 2 fully saturated rings. The second kappa shape index (κ2) is 40.4. The van der Waals surface area contributed by atoms with Gasteiger partial charge < -0.3 is 38.6 Å². The zero-order valence-electron chi connectivity index (χ0n) is 63.4. The SMILES string of the molecule is CC(C)(C)OC(=O)CN1CCN(CC(=O)OC(C)(C)C)CCN(CC(O)CN(CCN(Cc2ccccc2)CC(O)CN2CCN(CC(=O)OC(C)(C)C)CCN(CC(=O)OC(C)(C)C)CCN(CC(=O)OC(C)(C)C)CC2)Cc2ccccc2)CCN(CC(=O)OC(C)(C)C)CC1. The van der Waals surface area contributed by atoms with Gasteiger partial charge in [-0.05, 0) is 136 Å². The van der Waals surface area contributed by atoms with Crippen LogP contribution in [0.3, 0.4) is 0 Å². The fraction of sp³-hybridized carbons (Fsp3) is 0.757. The Labute approximate surface area is 588 Å². The van der Waals surface area contributed by atoms with Crippen LogP contribution in [0.25, 0.3) is 0 Å². The van der Waals surface area contributed by atoms with E-state index in [1.54, 1.807) is 0 Å². The van der Waals surface area contributed by atoms with Crippen LogP contribution in [0.4, 0.5) is 0 Å². The second-order valence-electron chi connectivity index (χ2n) is 32.5. The summed E-state index contributed by atoms with van der Waals surface area (Å²) < 4.78 is 34.7. The van der Waals surface area contributed by atoms with Crippen LogP contribution in [-0.2, 0) is 70.3 Å². The minimum Gasteiger partial charge on any atom is -0.459 e. The smallest absolute Gasteiger partial charge is 0.320 e. The number of nitrogens with zero attached hydrogens (tertiary/aromatic N) is 10. The quantitative estimate of drug-likeness (QED) is 0.0864. The standard InChI is InChI=1S/C74H128N10O14/c1-69(2,3)93-63(87)53-77-33-29-75(30-34-78(54-64(88)94-70(4,5)6)38-42-81(41-37-77)57-67(91)97-73(13,14)15)49-61(85)51-83(47-59-25-21-19-22-26-59)45-46-84(48-60-27-23-20-24-28-60)52-62(86)50-76-31-35-79(55-65(89)95-71(7,8)9)39-43-82(58-68(92)98-74(16,17)18)44-40-80(36-32-76)56-66(90)96-72(10,11)12/h19-28,61-62,85-86H,29-58H2,1-18H3. The number of aliphatic hydroxyl groups excluding tert-OH is 2. The summed E-state index contributed by atoms with van der Waals surface area (Å²) >= 11 is 0. The first-order valence-corrected chi connectivity index (χ1v) is 35.5. The molecule has 0 aromatic heterocycles. The lowest BCUT2D eigenvalue weighted by atomic mass is 10.1. The summed E-state index contributed by atoms with van der Waals surface area (Å²) in [7, 11) is 0. The summed E-state index contributed by atoms with van der Waals surface area (Å²) in [6.07, 6.45) is -1.68. The molecule has 2 saturated heterocycles. The lowest BCUT2D eigenvalue weighted by Crippen LogP contribution is -2.51. The minimum absolute atomic E-state index is 0.0253. The van der Waals surface area contributed by atoms with Gasteiger partial charge in [0.1, 0.15) is 33.6 Å².